The highest BCUT2D eigenvalue weighted by Gasteiger charge is 2.37. The first kappa shape index (κ1) is 29.6. The van der Waals surface area contributed by atoms with Crippen molar-refractivity contribution in [3.05, 3.63) is 64.7 Å². The second-order valence-corrected chi connectivity index (χ2v) is 12.2. The third-order valence-electron chi connectivity index (χ3n) is 6.33. The Bertz CT molecular complexity index is 1380. The van der Waals surface area contributed by atoms with Gasteiger partial charge in [-0.15, -0.1) is 0 Å². The van der Waals surface area contributed by atoms with Crippen molar-refractivity contribution in [1.29, 1.82) is 5.26 Å². The van der Waals surface area contributed by atoms with Crippen molar-refractivity contribution in [1.82, 2.24) is 4.90 Å². The first-order valence-corrected chi connectivity index (χ1v) is 14.1. The van der Waals surface area contributed by atoms with Gasteiger partial charge in [0.15, 0.2) is 5.75 Å². The van der Waals surface area contributed by atoms with Crippen LogP contribution in [0.15, 0.2) is 42.5 Å². The molecule has 39 heavy (non-hydrogen) atoms. The largest absolute Gasteiger partial charge is 0.468 e. The SMILES string of the molecule is COC(=O)CS(=O)(=O)N(C(=O)OC(C)(C)C)c1cc(C(=O)N2CCC(c3ccc(C#N)cc3)CC2)ccc1C. The van der Waals surface area contributed by atoms with Crippen molar-refractivity contribution >= 4 is 33.7 Å². The number of carbonyl (C=O) groups excluding carboxylic acids is 3. The maximum atomic E-state index is 13.4. The zero-order valence-electron chi connectivity index (χ0n) is 22.8. The topological polar surface area (TPSA) is 134 Å². The third-order valence-corrected chi connectivity index (χ3v) is 7.84. The summed E-state index contributed by atoms with van der Waals surface area (Å²) in [5.41, 5.74) is 1.21. The smallest absolute Gasteiger partial charge is 0.428 e. The number of likely N-dealkylation sites (tertiary alicyclic amines) is 1. The zero-order valence-corrected chi connectivity index (χ0v) is 23.6. The summed E-state index contributed by atoms with van der Waals surface area (Å²) in [6.07, 6.45) is 0.268. The fraction of sp³-hybridized carbons (Fsp3) is 0.429. The van der Waals surface area contributed by atoms with Crippen LogP contribution in [0.5, 0.6) is 0 Å². The minimum Gasteiger partial charge on any atom is -0.468 e. The summed E-state index contributed by atoms with van der Waals surface area (Å²) < 4.78 is 36.6. The van der Waals surface area contributed by atoms with E-state index in [1.807, 2.05) is 12.1 Å². The van der Waals surface area contributed by atoms with E-state index in [4.69, 9.17) is 10.00 Å². The molecule has 1 fully saturated rings. The van der Waals surface area contributed by atoms with E-state index in [0.717, 1.165) is 25.5 Å². The molecule has 0 spiro atoms. The zero-order chi connectivity index (χ0) is 29.0. The second-order valence-electron chi connectivity index (χ2n) is 10.4. The number of anilines is 1. The molecule has 0 atom stereocenters. The summed E-state index contributed by atoms with van der Waals surface area (Å²) >= 11 is 0. The van der Waals surface area contributed by atoms with Crippen LogP contribution in [0.25, 0.3) is 0 Å². The van der Waals surface area contributed by atoms with E-state index in [1.54, 1.807) is 56.9 Å². The maximum Gasteiger partial charge on any atom is 0.428 e. The van der Waals surface area contributed by atoms with Crippen LogP contribution in [0.4, 0.5) is 10.5 Å². The number of nitrogens with zero attached hydrogens (tertiary/aromatic N) is 3. The van der Waals surface area contributed by atoms with E-state index in [0.29, 0.717) is 28.5 Å². The van der Waals surface area contributed by atoms with E-state index in [-0.39, 0.29) is 23.1 Å². The molecule has 2 amide bonds. The summed E-state index contributed by atoms with van der Waals surface area (Å²) in [7, 11) is -3.51. The molecular weight excluding hydrogens is 522 g/mol. The van der Waals surface area contributed by atoms with Crippen LogP contribution >= 0.6 is 0 Å². The summed E-state index contributed by atoms with van der Waals surface area (Å²) in [6.45, 7) is 7.34. The number of ether oxygens (including phenoxy) is 2. The number of amides is 2. The van der Waals surface area contributed by atoms with Crippen molar-refractivity contribution in [2.75, 3.05) is 30.3 Å². The molecule has 0 saturated carbocycles. The van der Waals surface area contributed by atoms with Crippen molar-refractivity contribution in [3.8, 4) is 6.07 Å². The number of aryl methyl sites for hydroxylation is 1. The van der Waals surface area contributed by atoms with Gasteiger partial charge in [0.2, 0.25) is 0 Å². The van der Waals surface area contributed by atoms with E-state index in [1.165, 1.54) is 6.07 Å². The van der Waals surface area contributed by atoms with Gasteiger partial charge in [0.1, 0.15) is 5.60 Å². The Morgan fingerprint density at radius 1 is 1.08 bits per heavy atom. The lowest BCUT2D eigenvalue weighted by molar-refractivity contribution is -0.137. The van der Waals surface area contributed by atoms with Crippen LogP contribution < -0.4 is 4.31 Å². The van der Waals surface area contributed by atoms with Crippen LogP contribution in [-0.2, 0) is 24.3 Å². The lowest BCUT2D eigenvalue weighted by atomic mass is 9.89. The number of carbonyl (C=O) groups is 3. The number of esters is 1. The second kappa shape index (κ2) is 11.9. The predicted octanol–water partition coefficient (Wildman–Crippen LogP) is 4.13. The summed E-state index contributed by atoms with van der Waals surface area (Å²) in [6, 6.07) is 14.0. The molecule has 208 valence electrons. The molecule has 2 aromatic rings. The summed E-state index contributed by atoms with van der Waals surface area (Å²) in [5.74, 6) is -2.17. The molecule has 11 heteroatoms. The van der Waals surface area contributed by atoms with Crippen molar-refractivity contribution in [2.45, 2.75) is 52.1 Å². The average molecular weight is 556 g/mol. The number of hydrogen-bond acceptors (Lipinski definition) is 8. The van der Waals surface area contributed by atoms with Gasteiger partial charge in [0, 0.05) is 18.7 Å². The molecule has 0 unspecified atom stereocenters. The first-order chi connectivity index (χ1) is 18.3. The lowest BCUT2D eigenvalue weighted by Gasteiger charge is -2.33. The van der Waals surface area contributed by atoms with Gasteiger partial charge >= 0.3 is 12.1 Å². The number of nitriles is 1. The standard InChI is InChI=1S/C28H33N3O7S/c1-19-6-9-23(26(33)30-14-12-22(13-15-30)21-10-7-20(17-29)8-11-21)16-24(19)31(27(34)38-28(2,3)4)39(35,36)18-25(32)37-5/h6-11,16,22H,12-15,18H2,1-5H3. The maximum absolute atomic E-state index is 13.4. The minimum absolute atomic E-state index is 0.0773. The summed E-state index contributed by atoms with van der Waals surface area (Å²) in [5, 5.41) is 9.01. The molecule has 1 heterocycles. The van der Waals surface area contributed by atoms with Gasteiger partial charge in [0.25, 0.3) is 15.9 Å². The van der Waals surface area contributed by atoms with E-state index in [2.05, 4.69) is 10.8 Å². The Morgan fingerprint density at radius 3 is 2.23 bits per heavy atom. The summed E-state index contributed by atoms with van der Waals surface area (Å²) in [4.78, 5) is 40.0. The Labute approximate surface area is 229 Å². The Balaban J connectivity index is 1.87. The number of sulfonamides is 1. The van der Waals surface area contributed by atoms with E-state index >= 15 is 0 Å². The van der Waals surface area contributed by atoms with Gasteiger partial charge < -0.3 is 14.4 Å². The quantitative estimate of drug-likeness (QED) is 0.486. The lowest BCUT2D eigenvalue weighted by Crippen LogP contribution is -2.44. The van der Waals surface area contributed by atoms with Gasteiger partial charge in [0.05, 0.1) is 24.4 Å². The van der Waals surface area contributed by atoms with Crippen LogP contribution in [0, 0.1) is 18.3 Å². The van der Waals surface area contributed by atoms with Gasteiger partial charge in [-0.1, -0.05) is 18.2 Å². The molecule has 0 aliphatic carbocycles. The number of methoxy groups -OCH3 is 1. The molecule has 1 saturated heterocycles. The molecular formula is C28H33N3O7S. The Hall–Kier alpha value is -3.91. The van der Waals surface area contributed by atoms with Crippen molar-refractivity contribution in [2.24, 2.45) is 0 Å². The van der Waals surface area contributed by atoms with Crippen LogP contribution in [-0.4, -0.2) is 62.8 Å². The molecule has 1 aliphatic rings. The van der Waals surface area contributed by atoms with Crippen LogP contribution in [0.2, 0.25) is 0 Å². The number of piperidine rings is 1. The monoisotopic (exact) mass is 555 g/mol. The van der Waals surface area contributed by atoms with Crippen LogP contribution in [0.1, 0.15) is 66.6 Å². The molecule has 10 nitrogen and oxygen atoms in total. The third kappa shape index (κ3) is 7.35. The number of benzene rings is 2. The molecule has 0 aromatic heterocycles. The number of rotatable bonds is 6. The molecule has 2 aromatic carbocycles. The average Bonchev–Trinajstić information content (AvgIpc) is 2.88. The van der Waals surface area contributed by atoms with Gasteiger partial charge in [-0.05, 0) is 81.8 Å². The van der Waals surface area contributed by atoms with Gasteiger partial charge in [-0.2, -0.15) is 9.57 Å². The molecule has 0 N–H and O–H groups in total. The number of hydrogen-bond donors (Lipinski definition) is 0. The molecule has 0 bridgehead atoms. The predicted molar refractivity (Wildman–Crippen MR) is 145 cm³/mol. The van der Waals surface area contributed by atoms with Crippen LogP contribution in [0.3, 0.4) is 0 Å². The highest BCUT2D eigenvalue weighted by molar-refractivity contribution is 7.94. The fourth-order valence-corrected chi connectivity index (χ4v) is 5.63. The molecule has 3 rings (SSSR count). The van der Waals surface area contributed by atoms with Gasteiger partial charge in [-0.3, -0.25) is 9.59 Å². The first-order valence-electron chi connectivity index (χ1n) is 12.5. The fourth-order valence-electron chi connectivity index (χ4n) is 4.33. The Morgan fingerprint density at radius 2 is 1.69 bits per heavy atom. The normalized spacial score (nSPS) is 14.3. The van der Waals surface area contributed by atoms with Crippen molar-refractivity contribution in [3.63, 3.8) is 0 Å². The van der Waals surface area contributed by atoms with E-state index in [9.17, 15) is 22.8 Å². The van der Waals surface area contributed by atoms with E-state index < -0.39 is 33.4 Å². The minimum atomic E-state index is -4.55. The molecule has 0 radical (unpaired) electrons. The van der Waals surface area contributed by atoms with Crippen molar-refractivity contribution < 1.29 is 32.3 Å². The highest BCUT2D eigenvalue weighted by Crippen LogP contribution is 2.31. The molecule has 1 aliphatic heterocycles. The Kier molecular flexibility index (Phi) is 9.02. The highest BCUT2D eigenvalue weighted by atomic mass is 32.2. The van der Waals surface area contributed by atoms with Gasteiger partial charge in [-0.25, -0.2) is 13.2 Å².